The number of hydroxylamine groups is 3. The Morgan fingerprint density at radius 3 is 1.64 bits per heavy atom. The average Bonchev–Trinajstić information content (AvgIpc) is 2.64. The first-order valence-corrected chi connectivity index (χ1v) is 10.1. The Hall–Kier alpha value is -1.90. The molecule has 0 aromatic heterocycles. The predicted molar refractivity (Wildman–Crippen MR) is 99.1 cm³/mol. The molecule has 3 N–H and O–H groups in total. The van der Waals surface area contributed by atoms with Gasteiger partial charge >= 0.3 is 8.80 Å². The standard InChI is InChI=1S/C16H30N4O4Si/c1-7-14(4)18-22-25(12-10-11-17-13-21,23-19-15(5)8-2)24-20-16(6)9-3/h7-9,18-20H,10-12H2,1-6H3. The molecule has 0 aliphatic rings. The summed E-state index contributed by atoms with van der Waals surface area (Å²) in [5, 5.41) is 0. The molecule has 0 aromatic rings. The quantitative estimate of drug-likeness (QED) is 0.151. The molecule has 9 heteroatoms. The van der Waals surface area contributed by atoms with Crippen molar-refractivity contribution in [1.29, 1.82) is 0 Å². The van der Waals surface area contributed by atoms with Gasteiger partial charge in [0.25, 0.3) is 0 Å². The van der Waals surface area contributed by atoms with E-state index in [1.165, 1.54) is 6.08 Å². The minimum Gasteiger partial charge on any atom is -0.278 e. The minimum atomic E-state index is -3.23. The fraction of sp³-hybridized carbons (Fsp3) is 0.562. The van der Waals surface area contributed by atoms with E-state index in [0.717, 1.165) is 17.1 Å². The fourth-order valence-electron chi connectivity index (χ4n) is 1.29. The lowest BCUT2D eigenvalue weighted by molar-refractivity contribution is -0.0166. The van der Waals surface area contributed by atoms with Crippen LogP contribution in [0.5, 0.6) is 0 Å². The molecule has 0 rings (SSSR count). The molecule has 0 unspecified atom stereocenters. The van der Waals surface area contributed by atoms with Gasteiger partial charge in [0.05, 0.1) is 6.54 Å². The van der Waals surface area contributed by atoms with Gasteiger partial charge in [-0.05, 0) is 48.0 Å². The summed E-state index contributed by atoms with van der Waals surface area (Å²) >= 11 is 0. The van der Waals surface area contributed by atoms with Crippen LogP contribution in [0.4, 0.5) is 0 Å². The van der Waals surface area contributed by atoms with Crippen molar-refractivity contribution in [2.75, 3.05) is 6.54 Å². The SMILES string of the molecule is CC=C(C)NO[Si](CCCN=C=O)(ONC(C)=CC)ONC(C)=CC. The van der Waals surface area contributed by atoms with Crippen molar-refractivity contribution in [2.24, 2.45) is 4.99 Å². The van der Waals surface area contributed by atoms with Crippen LogP contribution in [0.25, 0.3) is 0 Å². The molecule has 142 valence electrons. The van der Waals surface area contributed by atoms with Gasteiger partial charge in [-0.3, -0.25) is 30.0 Å². The Bertz CT molecular complexity index is 473. The van der Waals surface area contributed by atoms with Crippen LogP contribution in [0.15, 0.2) is 40.3 Å². The number of isocyanates is 1. The van der Waals surface area contributed by atoms with Crippen LogP contribution in [0.1, 0.15) is 48.0 Å². The maximum absolute atomic E-state index is 10.3. The average molecular weight is 371 g/mol. The maximum Gasteiger partial charge on any atom is 0.566 e. The van der Waals surface area contributed by atoms with Crippen molar-refractivity contribution in [3.8, 4) is 0 Å². The van der Waals surface area contributed by atoms with E-state index in [9.17, 15) is 4.79 Å². The summed E-state index contributed by atoms with van der Waals surface area (Å²) in [5.74, 6) is 0. The number of nitrogens with one attached hydrogen (secondary N) is 3. The molecule has 0 aromatic carbocycles. The van der Waals surface area contributed by atoms with Crippen molar-refractivity contribution in [2.45, 2.75) is 54.0 Å². The van der Waals surface area contributed by atoms with Crippen LogP contribution in [-0.2, 0) is 18.4 Å². The van der Waals surface area contributed by atoms with E-state index < -0.39 is 8.80 Å². The normalized spacial score (nSPS) is 15.2. The van der Waals surface area contributed by atoms with Gasteiger partial charge in [-0.1, -0.05) is 18.2 Å². The van der Waals surface area contributed by atoms with Crippen LogP contribution < -0.4 is 16.4 Å². The zero-order valence-electron chi connectivity index (χ0n) is 15.9. The molecule has 0 fully saturated rings. The van der Waals surface area contributed by atoms with Gasteiger partial charge in [-0.15, -0.1) is 0 Å². The van der Waals surface area contributed by atoms with Gasteiger partial charge in [-0.2, -0.15) is 0 Å². The first-order valence-electron chi connectivity index (χ1n) is 8.17. The third kappa shape index (κ3) is 10.5. The largest absolute Gasteiger partial charge is 0.566 e. The summed E-state index contributed by atoms with van der Waals surface area (Å²) < 4.78 is 17.4. The van der Waals surface area contributed by atoms with E-state index in [2.05, 4.69) is 21.4 Å². The van der Waals surface area contributed by atoms with Gasteiger partial charge in [-0.25, -0.2) is 9.79 Å². The fourth-order valence-corrected chi connectivity index (χ4v) is 3.26. The molecule has 0 heterocycles. The van der Waals surface area contributed by atoms with Crippen LogP contribution in [-0.4, -0.2) is 21.4 Å². The molecular formula is C16H30N4O4Si. The molecule has 0 atom stereocenters. The molecule has 8 nitrogen and oxygen atoms in total. The molecule has 0 aliphatic heterocycles. The molecule has 25 heavy (non-hydrogen) atoms. The number of hydrogen-bond donors (Lipinski definition) is 3. The molecule has 0 saturated carbocycles. The summed E-state index contributed by atoms with van der Waals surface area (Å²) in [6.45, 7) is 11.6. The van der Waals surface area contributed by atoms with Crippen LogP contribution in [0, 0.1) is 0 Å². The Morgan fingerprint density at radius 1 is 0.920 bits per heavy atom. The highest BCUT2D eigenvalue weighted by Crippen LogP contribution is 2.17. The number of nitrogens with zero attached hydrogens (tertiary/aromatic N) is 1. The van der Waals surface area contributed by atoms with Gasteiger partial charge in [0.15, 0.2) is 0 Å². The topological polar surface area (TPSA) is 93.2 Å². The monoisotopic (exact) mass is 370 g/mol. The lowest BCUT2D eigenvalue weighted by atomic mass is 10.5. The molecule has 0 radical (unpaired) electrons. The van der Waals surface area contributed by atoms with Crippen LogP contribution >= 0.6 is 0 Å². The third-order valence-corrected chi connectivity index (χ3v) is 5.42. The van der Waals surface area contributed by atoms with E-state index in [4.69, 9.17) is 13.6 Å². The first-order chi connectivity index (χ1) is 11.9. The smallest absolute Gasteiger partial charge is 0.278 e. The second-order valence-corrected chi connectivity index (χ2v) is 7.77. The second kappa shape index (κ2) is 13.4. The lowest BCUT2D eigenvalue weighted by Crippen LogP contribution is -2.54. The summed E-state index contributed by atoms with van der Waals surface area (Å²) in [6, 6.07) is 0.427. The zero-order chi connectivity index (χ0) is 19.1. The maximum atomic E-state index is 10.3. The Balaban J connectivity index is 5.27. The molecule has 0 aliphatic carbocycles. The lowest BCUT2D eigenvalue weighted by Gasteiger charge is -2.29. The summed E-state index contributed by atoms with van der Waals surface area (Å²) in [7, 11) is -3.23. The number of carbonyl (C=O) groups excluding carboxylic acids is 1. The highest BCUT2D eigenvalue weighted by molar-refractivity contribution is 6.60. The molecule has 0 spiro atoms. The van der Waals surface area contributed by atoms with Crippen molar-refractivity contribution in [3.63, 3.8) is 0 Å². The van der Waals surface area contributed by atoms with Crippen molar-refractivity contribution in [3.05, 3.63) is 35.3 Å². The molecule has 0 amide bonds. The second-order valence-electron chi connectivity index (χ2n) is 5.29. The predicted octanol–water partition coefficient (Wildman–Crippen LogP) is 2.99. The van der Waals surface area contributed by atoms with Crippen molar-refractivity contribution < 1.29 is 18.4 Å². The van der Waals surface area contributed by atoms with Crippen LogP contribution in [0.2, 0.25) is 6.04 Å². The van der Waals surface area contributed by atoms with E-state index in [1.54, 1.807) is 0 Å². The molecular weight excluding hydrogens is 340 g/mol. The Kier molecular flexibility index (Phi) is 12.4. The third-order valence-electron chi connectivity index (χ3n) is 3.22. The number of rotatable bonds is 13. The number of hydrogen-bond acceptors (Lipinski definition) is 8. The summed E-state index contributed by atoms with van der Waals surface area (Å²) in [5.41, 5.74) is 11.0. The first kappa shape index (κ1) is 23.1. The van der Waals surface area contributed by atoms with Gasteiger partial charge in [0.1, 0.15) is 0 Å². The van der Waals surface area contributed by atoms with E-state index >= 15 is 0 Å². The van der Waals surface area contributed by atoms with E-state index in [1.807, 2.05) is 59.8 Å². The molecule has 0 saturated heterocycles. The van der Waals surface area contributed by atoms with E-state index in [-0.39, 0.29) is 0 Å². The minimum absolute atomic E-state index is 0.322. The Labute approximate surface area is 151 Å². The highest BCUT2D eigenvalue weighted by atomic mass is 28.4. The van der Waals surface area contributed by atoms with Crippen molar-refractivity contribution >= 4 is 14.9 Å². The zero-order valence-corrected chi connectivity index (χ0v) is 16.9. The van der Waals surface area contributed by atoms with Crippen molar-refractivity contribution in [1.82, 2.24) is 16.4 Å². The Morgan fingerprint density at radius 2 is 1.32 bits per heavy atom. The summed E-state index contributed by atoms with van der Waals surface area (Å²) in [6.07, 6.45) is 7.67. The van der Waals surface area contributed by atoms with Gasteiger partial charge in [0, 0.05) is 23.1 Å². The van der Waals surface area contributed by atoms with Gasteiger partial charge in [0.2, 0.25) is 6.08 Å². The molecule has 0 bridgehead atoms. The number of allylic oxidation sites excluding steroid dienone is 6. The van der Waals surface area contributed by atoms with Gasteiger partial charge < -0.3 is 0 Å². The van der Waals surface area contributed by atoms with E-state index in [0.29, 0.717) is 19.0 Å². The highest BCUT2D eigenvalue weighted by Gasteiger charge is 2.44. The summed E-state index contributed by atoms with van der Waals surface area (Å²) in [4.78, 5) is 13.8. The number of aliphatic imine (C=N–C) groups is 1. The van der Waals surface area contributed by atoms with Crippen LogP contribution in [0.3, 0.4) is 0 Å².